The molecule has 1 aromatic rings. The van der Waals surface area contributed by atoms with Crippen molar-refractivity contribution in [1.29, 1.82) is 0 Å². The highest BCUT2D eigenvalue weighted by molar-refractivity contribution is 5.82. The Labute approximate surface area is 117 Å². The quantitative estimate of drug-likeness (QED) is 0.640. The van der Waals surface area contributed by atoms with Crippen LogP contribution in [0, 0.1) is 11.7 Å². The summed E-state index contributed by atoms with van der Waals surface area (Å²) >= 11 is 0. The summed E-state index contributed by atoms with van der Waals surface area (Å²) in [4.78, 5) is 22.8. The Morgan fingerprint density at radius 2 is 2.15 bits per heavy atom. The van der Waals surface area contributed by atoms with Gasteiger partial charge in [0.1, 0.15) is 5.82 Å². The summed E-state index contributed by atoms with van der Waals surface area (Å²) in [6, 6.07) is 6.56. The molecule has 4 nitrogen and oxygen atoms in total. The van der Waals surface area contributed by atoms with Crippen LogP contribution < -0.4 is 5.32 Å². The third-order valence-corrected chi connectivity index (χ3v) is 3.52. The molecule has 5 heteroatoms. The van der Waals surface area contributed by atoms with E-state index in [0.717, 1.165) is 0 Å². The van der Waals surface area contributed by atoms with Crippen molar-refractivity contribution in [2.24, 2.45) is 5.92 Å². The van der Waals surface area contributed by atoms with Gasteiger partial charge in [0.05, 0.1) is 7.11 Å². The average molecular weight is 279 g/mol. The van der Waals surface area contributed by atoms with Gasteiger partial charge in [-0.1, -0.05) is 18.2 Å². The van der Waals surface area contributed by atoms with Crippen molar-refractivity contribution in [2.45, 2.75) is 25.2 Å². The summed E-state index contributed by atoms with van der Waals surface area (Å²) in [7, 11) is 1.34. The summed E-state index contributed by atoms with van der Waals surface area (Å²) < 4.78 is 18.1. The molecule has 1 saturated carbocycles. The lowest BCUT2D eigenvalue weighted by Gasteiger charge is -2.05. The van der Waals surface area contributed by atoms with Crippen LogP contribution in [0.15, 0.2) is 24.3 Å². The second-order valence-corrected chi connectivity index (χ2v) is 4.94. The van der Waals surface area contributed by atoms with E-state index in [2.05, 4.69) is 10.1 Å². The van der Waals surface area contributed by atoms with Crippen LogP contribution >= 0.6 is 0 Å². The first-order valence-corrected chi connectivity index (χ1v) is 6.72. The van der Waals surface area contributed by atoms with Gasteiger partial charge in [-0.2, -0.15) is 0 Å². The van der Waals surface area contributed by atoms with Gasteiger partial charge >= 0.3 is 5.97 Å². The summed E-state index contributed by atoms with van der Waals surface area (Å²) in [6.45, 7) is 0.439. The number of nitrogens with one attached hydrogen (secondary N) is 1. The van der Waals surface area contributed by atoms with Crippen LogP contribution in [0.4, 0.5) is 4.39 Å². The molecule has 0 heterocycles. The van der Waals surface area contributed by atoms with Crippen LogP contribution in [-0.4, -0.2) is 25.5 Å². The largest absolute Gasteiger partial charge is 0.469 e. The number of benzene rings is 1. The molecule has 0 radical (unpaired) electrons. The highest BCUT2D eigenvalue weighted by Gasteiger charge is 2.44. The van der Waals surface area contributed by atoms with Gasteiger partial charge in [0.15, 0.2) is 0 Å². The molecule has 2 atom stereocenters. The van der Waals surface area contributed by atoms with Gasteiger partial charge in [0, 0.05) is 18.9 Å². The van der Waals surface area contributed by atoms with Crippen LogP contribution in [0.25, 0.3) is 0 Å². The van der Waals surface area contributed by atoms with E-state index in [1.54, 1.807) is 18.2 Å². The number of carbonyl (C=O) groups is 2. The molecule has 0 bridgehead atoms. The number of rotatable bonds is 6. The van der Waals surface area contributed by atoms with E-state index in [4.69, 9.17) is 0 Å². The zero-order valence-electron chi connectivity index (χ0n) is 11.4. The Hall–Kier alpha value is -1.91. The number of amides is 1. The number of esters is 1. The third kappa shape index (κ3) is 3.56. The molecule has 0 aromatic heterocycles. The zero-order chi connectivity index (χ0) is 14.5. The smallest absolute Gasteiger partial charge is 0.305 e. The van der Waals surface area contributed by atoms with E-state index in [1.807, 2.05) is 0 Å². The summed E-state index contributed by atoms with van der Waals surface area (Å²) in [6.07, 6.45) is 1.53. The van der Waals surface area contributed by atoms with Crippen molar-refractivity contribution in [3.8, 4) is 0 Å². The lowest BCUT2D eigenvalue weighted by atomic mass is 10.1. The summed E-state index contributed by atoms with van der Waals surface area (Å²) in [5.74, 6) is -0.765. The molecule has 20 heavy (non-hydrogen) atoms. The molecule has 108 valence electrons. The minimum absolute atomic E-state index is 0.0168. The number of hydrogen-bond acceptors (Lipinski definition) is 3. The van der Waals surface area contributed by atoms with E-state index in [1.165, 1.54) is 13.2 Å². The second-order valence-electron chi connectivity index (χ2n) is 4.94. The van der Waals surface area contributed by atoms with E-state index in [0.29, 0.717) is 24.9 Å². The number of carbonyl (C=O) groups excluding carboxylic acids is 2. The summed E-state index contributed by atoms with van der Waals surface area (Å²) in [5.41, 5.74) is 0.613. The molecule has 2 unspecified atom stereocenters. The molecule has 1 fully saturated rings. The van der Waals surface area contributed by atoms with Crippen molar-refractivity contribution < 1.29 is 18.7 Å². The van der Waals surface area contributed by atoms with Gasteiger partial charge in [-0.3, -0.25) is 9.59 Å². The zero-order valence-corrected chi connectivity index (χ0v) is 11.4. The predicted molar refractivity (Wildman–Crippen MR) is 71.5 cm³/mol. The maximum atomic E-state index is 13.6. The van der Waals surface area contributed by atoms with Crippen LogP contribution in [0.3, 0.4) is 0 Å². The van der Waals surface area contributed by atoms with Crippen molar-refractivity contribution in [2.75, 3.05) is 13.7 Å². The SMILES string of the molecule is COC(=O)CCCNC(=O)C1CC1c1ccccc1F. The van der Waals surface area contributed by atoms with E-state index in [-0.39, 0.29) is 36.0 Å². The monoisotopic (exact) mass is 279 g/mol. The highest BCUT2D eigenvalue weighted by Crippen LogP contribution is 2.48. The summed E-state index contributed by atoms with van der Waals surface area (Å²) in [5, 5.41) is 2.77. The Morgan fingerprint density at radius 3 is 2.85 bits per heavy atom. The maximum absolute atomic E-state index is 13.6. The Bertz CT molecular complexity index is 504. The molecule has 1 aliphatic carbocycles. The average Bonchev–Trinajstić information content (AvgIpc) is 3.24. The standard InChI is InChI=1S/C15H18FNO3/c1-20-14(18)7-4-8-17-15(19)12-9-11(12)10-5-2-3-6-13(10)16/h2-3,5-6,11-12H,4,7-9H2,1H3,(H,17,19). The van der Waals surface area contributed by atoms with Crippen molar-refractivity contribution >= 4 is 11.9 Å². The van der Waals surface area contributed by atoms with Gasteiger partial charge in [0.2, 0.25) is 5.91 Å². The van der Waals surface area contributed by atoms with E-state index in [9.17, 15) is 14.0 Å². The van der Waals surface area contributed by atoms with Gasteiger partial charge in [-0.25, -0.2) is 4.39 Å². The van der Waals surface area contributed by atoms with Crippen LogP contribution in [0.1, 0.15) is 30.7 Å². The molecular weight excluding hydrogens is 261 g/mol. The third-order valence-electron chi connectivity index (χ3n) is 3.52. The van der Waals surface area contributed by atoms with Gasteiger partial charge < -0.3 is 10.1 Å². The van der Waals surface area contributed by atoms with Crippen molar-refractivity contribution in [3.63, 3.8) is 0 Å². The fourth-order valence-corrected chi connectivity index (χ4v) is 2.28. The van der Waals surface area contributed by atoms with Crippen LogP contribution in [0.2, 0.25) is 0 Å². The van der Waals surface area contributed by atoms with Crippen LogP contribution in [0.5, 0.6) is 0 Å². The maximum Gasteiger partial charge on any atom is 0.305 e. The first-order chi connectivity index (χ1) is 9.63. The molecule has 0 spiro atoms. The van der Waals surface area contributed by atoms with Gasteiger partial charge in [-0.05, 0) is 30.4 Å². The predicted octanol–water partition coefficient (Wildman–Crippen LogP) is 2.00. The molecule has 1 aromatic carbocycles. The van der Waals surface area contributed by atoms with E-state index >= 15 is 0 Å². The van der Waals surface area contributed by atoms with Crippen molar-refractivity contribution in [3.05, 3.63) is 35.6 Å². The van der Waals surface area contributed by atoms with Gasteiger partial charge in [0.25, 0.3) is 0 Å². The topological polar surface area (TPSA) is 55.4 Å². The molecule has 1 aliphatic rings. The number of hydrogen-bond donors (Lipinski definition) is 1. The molecule has 0 aliphatic heterocycles. The minimum Gasteiger partial charge on any atom is -0.469 e. The molecule has 1 N–H and O–H groups in total. The molecule has 2 rings (SSSR count). The van der Waals surface area contributed by atoms with Crippen molar-refractivity contribution in [1.82, 2.24) is 5.32 Å². The molecular formula is C15H18FNO3. The van der Waals surface area contributed by atoms with Crippen LogP contribution in [-0.2, 0) is 14.3 Å². The lowest BCUT2D eigenvalue weighted by Crippen LogP contribution is -2.26. The number of ether oxygens (including phenoxy) is 1. The van der Waals surface area contributed by atoms with E-state index < -0.39 is 0 Å². The number of methoxy groups -OCH3 is 1. The first-order valence-electron chi connectivity index (χ1n) is 6.72. The molecule has 1 amide bonds. The second kappa shape index (κ2) is 6.50. The fraction of sp³-hybridized carbons (Fsp3) is 0.467. The minimum atomic E-state index is -0.282. The lowest BCUT2D eigenvalue weighted by molar-refractivity contribution is -0.140. The molecule has 0 saturated heterocycles. The highest BCUT2D eigenvalue weighted by atomic mass is 19.1. The Balaban J connectivity index is 1.74. The number of halogens is 1. The Kier molecular flexibility index (Phi) is 4.71. The fourth-order valence-electron chi connectivity index (χ4n) is 2.28. The normalized spacial score (nSPS) is 20.3. The Morgan fingerprint density at radius 1 is 1.40 bits per heavy atom. The first kappa shape index (κ1) is 14.5. The van der Waals surface area contributed by atoms with Gasteiger partial charge in [-0.15, -0.1) is 0 Å².